The number of nitrogens with zero attached hydrogens (tertiary/aromatic N) is 3. The monoisotopic (exact) mass is 571 g/mol. The van der Waals surface area contributed by atoms with Gasteiger partial charge in [-0.15, -0.1) is 0 Å². The van der Waals surface area contributed by atoms with Gasteiger partial charge in [-0.2, -0.15) is 13.2 Å². The summed E-state index contributed by atoms with van der Waals surface area (Å²) in [5, 5.41) is 10.1. The molecule has 1 fully saturated rings. The first kappa shape index (κ1) is 29.6. The molecular formula is C29H32F3N5O4. The Morgan fingerprint density at radius 2 is 2.02 bits per heavy atom. The van der Waals surface area contributed by atoms with Crippen molar-refractivity contribution in [2.45, 2.75) is 52.1 Å². The van der Waals surface area contributed by atoms with E-state index in [1.807, 2.05) is 18.2 Å². The van der Waals surface area contributed by atoms with E-state index in [4.69, 9.17) is 21.2 Å². The summed E-state index contributed by atoms with van der Waals surface area (Å²) >= 11 is 0. The first-order valence-corrected chi connectivity index (χ1v) is 13.2. The number of aliphatic carboxylic acids is 1. The van der Waals surface area contributed by atoms with Gasteiger partial charge in [0.25, 0.3) is 0 Å². The Morgan fingerprint density at radius 3 is 2.61 bits per heavy atom. The molecule has 4 rings (SSSR count). The number of nitrogens with two attached hydrogens (primary N) is 2. The summed E-state index contributed by atoms with van der Waals surface area (Å²) in [6.07, 6.45) is 1.93. The number of hydrogen-bond acceptors (Lipinski definition) is 7. The molecule has 1 saturated carbocycles. The Balaban J connectivity index is 1.79. The van der Waals surface area contributed by atoms with Crippen molar-refractivity contribution in [2.75, 3.05) is 12.3 Å². The number of carboxylic acid groups (broad SMARTS) is 1. The second-order valence-electron chi connectivity index (χ2n) is 10.4. The molecule has 3 aromatic rings. The van der Waals surface area contributed by atoms with Crippen LogP contribution in [0.5, 0.6) is 5.75 Å². The molecule has 2 aromatic heterocycles. The molecule has 1 aromatic carbocycles. The number of aromatic nitrogens is 3. The molecule has 1 aliphatic carbocycles. The average molecular weight is 572 g/mol. The fourth-order valence-corrected chi connectivity index (χ4v) is 5.48. The number of anilines is 1. The summed E-state index contributed by atoms with van der Waals surface area (Å²) in [6, 6.07) is 4.50. The fourth-order valence-electron chi connectivity index (χ4n) is 5.48. The molecule has 0 radical (unpaired) electrons. The van der Waals surface area contributed by atoms with Gasteiger partial charge in [0.1, 0.15) is 28.6 Å². The highest BCUT2D eigenvalue weighted by atomic mass is 19.4. The van der Waals surface area contributed by atoms with Gasteiger partial charge in [-0.3, -0.25) is 14.0 Å². The number of rotatable bonds is 9. The van der Waals surface area contributed by atoms with Gasteiger partial charge < -0.3 is 21.3 Å². The highest BCUT2D eigenvalue weighted by Gasteiger charge is 2.49. The highest BCUT2D eigenvalue weighted by molar-refractivity contribution is 6.05. The molecule has 0 spiro atoms. The van der Waals surface area contributed by atoms with Gasteiger partial charge in [-0.05, 0) is 56.4 Å². The van der Waals surface area contributed by atoms with Gasteiger partial charge in [0.15, 0.2) is 5.78 Å². The summed E-state index contributed by atoms with van der Waals surface area (Å²) in [7, 11) is 0. The second kappa shape index (κ2) is 11.3. The van der Waals surface area contributed by atoms with E-state index < -0.39 is 28.9 Å². The molecule has 0 unspecified atom stereocenters. The number of hydrogen-bond donors (Lipinski definition) is 3. The van der Waals surface area contributed by atoms with E-state index >= 15 is 0 Å². The molecule has 12 heteroatoms. The minimum atomic E-state index is -4.70. The van der Waals surface area contributed by atoms with E-state index in [0.717, 1.165) is 6.08 Å². The molecule has 0 aliphatic heterocycles. The number of carbonyl (C=O) groups is 2. The minimum Gasteiger partial charge on any atom is -0.493 e. The lowest BCUT2D eigenvalue weighted by Gasteiger charge is -2.28. The first-order chi connectivity index (χ1) is 19.3. The van der Waals surface area contributed by atoms with E-state index in [1.165, 1.54) is 12.1 Å². The lowest BCUT2D eigenvalue weighted by atomic mass is 9.75. The average Bonchev–Trinajstić information content (AvgIpc) is 3.52. The van der Waals surface area contributed by atoms with Crippen LogP contribution in [-0.2, 0) is 4.79 Å². The van der Waals surface area contributed by atoms with Crippen LogP contribution in [0.2, 0.25) is 0 Å². The van der Waals surface area contributed by atoms with Crippen molar-refractivity contribution in [1.82, 2.24) is 14.4 Å². The van der Waals surface area contributed by atoms with Crippen LogP contribution in [0.1, 0.15) is 62.1 Å². The van der Waals surface area contributed by atoms with Crippen molar-refractivity contribution in [3.63, 3.8) is 0 Å². The maximum atomic E-state index is 13.0. The lowest BCUT2D eigenvalue weighted by molar-refractivity contribution is -0.151. The number of ether oxygens (including phenoxy) is 1. The van der Waals surface area contributed by atoms with Crippen molar-refractivity contribution in [2.24, 2.45) is 17.1 Å². The van der Waals surface area contributed by atoms with Crippen LogP contribution < -0.4 is 16.2 Å². The topological polar surface area (TPSA) is 146 Å². The Bertz CT molecular complexity index is 1540. The Hall–Kier alpha value is -4.35. The largest absolute Gasteiger partial charge is 0.493 e. The summed E-state index contributed by atoms with van der Waals surface area (Å²) < 4.78 is 46.6. The number of allylic oxidation sites excluding steroid dienone is 3. The van der Waals surface area contributed by atoms with E-state index in [1.54, 1.807) is 25.4 Å². The van der Waals surface area contributed by atoms with Crippen molar-refractivity contribution in [3.05, 3.63) is 65.9 Å². The molecule has 0 saturated heterocycles. The summed E-state index contributed by atoms with van der Waals surface area (Å²) in [4.78, 5) is 34.2. The number of carbonyl (C=O) groups excluding carboxylic acids is 1. The summed E-state index contributed by atoms with van der Waals surface area (Å²) in [5.74, 6) is -0.606. The maximum Gasteiger partial charge on any atom is 0.417 e. The predicted octanol–water partition coefficient (Wildman–Crippen LogP) is 5.52. The molecule has 2 atom stereocenters. The van der Waals surface area contributed by atoms with E-state index in [0.29, 0.717) is 54.1 Å². The number of nitrogen functional groups attached to an aromatic ring is 1. The third-order valence-corrected chi connectivity index (χ3v) is 7.80. The SMILES string of the molecule is CCOc1cc(C(=O)C=C/C(=C\N)C(F)(F)F)ccc1-c1nc([C@H]2CC[C@@](C(=O)O)(C(C)C)C2)n2ccnc(N)c12. The van der Waals surface area contributed by atoms with Crippen molar-refractivity contribution in [1.29, 1.82) is 0 Å². The molecule has 5 N–H and O–H groups in total. The van der Waals surface area contributed by atoms with Gasteiger partial charge in [0, 0.05) is 35.6 Å². The molecule has 218 valence electrons. The van der Waals surface area contributed by atoms with Crippen molar-refractivity contribution in [3.8, 4) is 17.0 Å². The van der Waals surface area contributed by atoms with E-state index in [9.17, 15) is 27.9 Å². The van der Waals surface area contributed by atoms with E-state index in [2.05, 4.69) is 4.98 Å². The molecule has 0 amide bonds. The van der Waals surface area contributed by atoms with Crippen LogP contribution in [0.25, 0.3) is 16.8 Å². The number of carboxylic acids is 1. The van der Waals surface area contributed by atoms with Crippen LogP contribution in [0.4, 0.5) is 19.0 Å². The Kier molecular flexibility index (Phi) is 8.14. The third-order valence-electron chi connectivity index (χ3n) is 7.80. The van der Waals surface area contributed by atoms with Crippen LogP contribution in [0, 0.1) is 11.3 Å². The number of fused-ring (bicyclic) bond motifs is 1. The molecule has 1 aliphatic rings. The van der Waals surface area contributed by atoms with Crippen LogP contribution in [0.15, 0.2) is 54.5 Å². The Morgan fingerprint density at radius 1 is 1.29 bits per heavy atom. The number of ketones is 1. The van der Waals surface area contributed by atoms with Gasteiger partial charge >= 0.3 is 12.1 Å². The van der Waals surface area contributed by atoms with Gasteiger partial charge in [-0.25, -0.2) is 9.97 Å². The molecule has 41 heavy (non-hydrogen) atoms. The molecular weight excluding hydrogens is 539 g/mol. The second-order valence-corrected chi connectivity index (χ2v) is 10.4. The molecule has 0 bridgehead atoms. The number of benzene rings is 1. The number of halogens is 3. The van der Waals surface area contributed by atoms with Crippen LogP contribution in [0.3, 0.4) is 0 Å². The highest BCUT2D eigenvalue weighted by Crippen LogP contribution is 2.51. The lowest BCUT2D eigenvalue weighted by Crippen LogP contribution is -2.33. The normalized spacial score (nSPS) is 19.9. The van der Waals surface area contributed by atoms with Gasteiger partial charge in [0.2, 0.25) is 0 Å². The quantitative estimate of drug-likeness (QED) is 0.173. The first-order valence-electron chi connectivity index (χ1n) is 13.2. The van der Waals surface area contributed by atoms with Gasteiger partial charge in [0.05, 0.1) is 17.6 Å². The maximum absolute atomic E-state index is 13.0. The summed E-state index contributed by atoms with van der Waals surface area (Å²) in [5.41, 5.74) is 10.9. The van der Waals surface area contributed by atoms with Crippen LogP contribution >= 0.6 is 0 Å². The smallest absolute Gasteiger partial charge is 0.417 e. The van der Waals surface area contributed by atoms with Gasteiger partial charge in [-0.1, -0.05) is 19.9 Å². The fraction of sp³-hybridized carbons (Fsp3) is 0.379. The zero-order valence-electron chi connectivity index (χ0n) is 22.9. The zero-order valence-corrected chi connectivity index (χ0v) is 22.9. The van der Waals surface area contributed by atoms with E-state index in [-0.39, 0.29) is 35.6 Å². The van der Waals surface area contributed by atoms with Crippen molar-refractivity contribution >= 4 is 23.1 Å². The zero-order chi connectivity index (χ0) is 30.1. The molecule has 2 heterocycles. The molecule has 9 nitrogen and oxygen atoms in total. The third kappa shape index (κ3) is 5.50. The Labute approximate surface area is 234 Å². The summed E-state index contributed by atoms with van der Waals surface area (Å²) in [6.45, 7) is 5.81. The minimum absolute atomic E-state index is 0.0707. The number of alkyl halides is 3. The van der Waals surface area contributed by atoms with Crippen molar-refractivity contribution < 1.29 is 32.6 Å². The standard InChI is InChI=1S/C29H32F3N5O4/c1-4-41-22-13-17(21(38)8-6-19(15-33)29(30,31)32)5-7-20(22)23-24-25(34)35-11-12-37(24)26(36-23)18-9-10-28(14-18,16(2)3)27(39)40/h5-8,11-13,15-16,18H,4,9-10,14,33H2,1-3H3,(H2,34,35)(H,39,40)/b8-6?,19-15+/t18-,28-/m0/s1. The predicted molar refractivity (Wildman–Crippen MR) is 147 cm³/mol. The van der Waals surface area contributed by atoms with Crippen LogP contribution in [-0.4, -0.2) is 44.0 Å². The number of imidazole rings is 1.